The van der Waals surface area contributed by atoms with E-state index in [2.05, 4.69) is 24.1 Å². The molecule has 100 valence electrons. The molecule has 0 aromatic heterocycles. The Hall–Kier alpha value is -1.09. The molecule has 1 aromatic rings. The Balaban J connectivity index is 2.21. The van der Waals surface area contributed by atoms with Gasteiger partial charge in [-0.3, -0.25) is 0 Å². The van der Waals surface area contributed by atoms with Crippen LogP contribution in [-0.4, -0.2) is 25.7 Å². The summed E-state index contributed by atoms with van der Waals surface area (Å²) in [5, 5.41) is 3.39. The lowest BCUT2D eigenvalue weighted by Gasteiger charge is -2.44. The number of anilines is 1. The summed E-state index contributed by atoms with van der Waals surface area (Å²) in [5.41, 5.74) is 1.87. The van der Waals surface area contributed by atoms with Crippen molar-refractivity contribution in [1.82, 2.24) is 5.32 Å². The third-order valence-corrected chi connectivity index (χ3v) is 4.41. The molecule has 3 atom stereocenters. The molecule has 1 saturated heterocycles. The number of hydrogen-bond donors (Lipinski definition) is 1. The van der Waals surface area contributed by atoms with Gasteiger partial charge in [0, 0.05) is 24.3 Å². The van der Waals surface area contributed by atoms with E-state index in [1.807, 2.05) is 26.1 Å². The lowest BCUT2D eigenvalue weighted by Crippen LogP contribution is -2.52. The molecule has 0 amide bonds. The van der Waals surface area contributed by atoms with Crippen molar-refractivity contribution in [3.05, 3.63) is 29.6 Å². The molecule has 2 rings (SSSR count). The fraction of sp³-hybridized carbons (Fsp3) is 0.600. The Morgan fingerprint density at radius 3 is 2.67 bits per heavy atom. The predicted octanol–water partition coefficient (Wildman–Crippen LogP) is 2.96. The molecule has 1 aliphatic rings. The first-order chi connectivity index (χ1) is 8.54. The van der Waals surface area contributed by atoms with Crippen molar-refractivity contribution in [3.63, 3.8) is 0 Å². The molecule has 3 unspecified atom stereocenters. The van der Waals surface area contributed by atoms with Gasteiger partial charge in [0.2, 0.25) is 0 Å². The molecule has 18 heavy (non-hydrogen) atoms. The molecule has 1 fully saturated rings. The molecule has 0 aliphatic carbocycles. The summed E-state index contributed by atoms with van der Waals surface area (Å²) in [5.74, 6) is 0.471. The van der Waals surface area contributed by atoms with Crippen LogP contribution < -0.4 is 10.2 Å². The van der Waals surface area contributed by atoms with Crippen LogP contribution in [0.4, 0.5) is 10.1 Å². The molecule has 0 bridgehead atoms. The van der Waals surface area contributed by atoms with E-state index in [9.17, 15) is 4.39 Å². The van der Waals surface area contributed by atoms with Crippen LogP contribution in [0.1, 0.15) is 25.8 Å². The van der Waals surface area contributed by atoms with Gasteiger partial charge in [0.1, 0.15) is 5.82 Å². The molecule has 2 nitrogen and oxygen atoms in total. The third-order valence-electron chi connectivity index (χ3n) is 4.41. The van der Waals surface area contributed by atoms with E-state index in [1.54, 1.807) is 6.07 Å². The van der Waals surface area contributed by atoms with Gasteiger partial charge in [-0.2, -0.15) is 0 Å². The Morgan fingerprint density at radius 1 is 1.33 bits per heavy atom. The van der Waals surface area contributed by atoms with Crippen molar-refractivity contribution in [2.24, 2.45) is 5.92 Å². The molecular formula is C15H23FN2. The van der Waals surface area contributed by atoms with Crippen molar-refractivity contribution in [2.45, 2.75) is 39.3 Å². The smallest absolute Gasteiger partial charge is 0.126 e. The quantitative estimate of drug-likeness (QED) is 0.868. The van der Waals surface area contributed by atoms with Gasteiger partial charge in [-0.15, -0.1) is 0 Å². The minimum absolute atomic E-state index is 0.121. The second-order valence-corrected chi connectivity index (χ2v) is 5.41. The second-order valence-electron chi connectivity index (χ2n) is 5.41. The van der Waals surface area contributed by atoms with Gasteiger partial charge in [0.05, 0.1) is 0 Å². The van der Waals surface area contributed by atoms with Crippen LogP contribution in [0.5, 0.6) is 0 Å². The van der Waals surface area contributed by atoms with E-state index in [0.29, 0.717) is 18.0 Å². The molecule has 1 aromatic carbocycles. The van der Waals surface area contributed by atoms with Gasteiger partial charge < -0.3 is 10.2 Å². The number of nitrogens with zero attached hydrogens (tertiary/aromatic N) is 1. The summed E-state index contributed by atoms with van der Waals surface area (Å²) in [7, 11) is 2.03. The van der Waals surface area contributed by atoms with E-state index < -0.39 is 0 Å². The van der Waals surface area contributed by atoms with Crippen molar-refractivity contribution in [3.8, 4) is 0 Å². The van der Waals surface area contributed by atoms with Crippen molar-refractivity contribution >= 4 is 5.69 Å². The zero-order chi connectivity index (χ0) is 13.3. The zero-order valence-corrected chi connectivity index (χ0v) is 11.7. The summed E-state index contributed by atoms with van der Waals surface area (Å²) < 4.78 is 13.3. The van der Waals surface area contributed by atoms with Gasteiger partial charge in [-0.25, -0.2) is 4.39 Å². The molecule has 1 aliphatic heterocycles. The highest BCUT2D eigenvalue weighted by molar-refractivity contribution is 5.50. The standard InChI is InChI=1S/C15H23FN2/c1-10-9-13(5-6-14(10)16)18-8-7-15(17-4)11(2)12(18)3/h5-6,9,11-12,15,17H,7-8H2,1-4H3. The van der Waals surface area contributed by atoms with Crippen LogP contribution in [0.3, 0.4) is 0 Å². The molecule has 1 N–H and O–H groups in total. The first kappa shape index (κ1) is 13.3. The number of hydrogen-bond acceptors (Lipinski definition) is 2. The normalized spacial score (nSPS) is 28.5. The van der Waals surface area contributed by atoms with E-state index in [1.165, 1.54) is 0 Å². The van der Waals surface area contributed by atoms with Crippen molar-refractivity contribution in [1.29, 1.82) is 0 Å². The lowest BCUT2D eigenvalue weighted by atomic mass is 9.86. The maximum absolute atomic E-state index is 13.3. The number of halogens is 1. The molecule has 0 saturated carbocycles. The maximum Gasteiger partial charge on any atom is 0.126 e. The molecule has 0 radical (unpaired) electrons. The van der Waals surface area contributed by atoms with E-state index in [4.69, 9.17) is 0 Å². The Bertz CT molecular complexity index is 419. The summed E-state index contributed by atoms with van der Waals surface area (Å²) in [6.07, 6.45) is 1.14. The monoisotopic (exact) mass is 250 g/mol. The van der Waals surface area contributed by atoms with Gasteiger partial charge in [-0.05, 0) is 57.0 Å². The third kappa shape index (κ3) is 2.37. The summed E-state index contributed by atoms with van der Waals surface area (Å²) in [6.45, 7) is 7.40. The van der Waals surface area contributed by atoms with Crippen LogP contribution in [0.15, 0.2) is 18.2 Å². The zero-order valence-electron chi connectivity index (χ0n) is 11.7. The van der Waals surface area contributed by atoms with Gasteiger partial charge in [0.25, 0.3) is 0 Å². The Kier molecular flexibility index (Phi) is 3.91. The number of aryl methyl sites for hydroxylation is 1. The first-order valence-electron chi connectivity index (χ1n) is 6.74. The molecular weight excluding hydrogens is 227 g/mol. The molecule has 3 heteroatoms. The number of benzene rings is 1. The van der Waals surface area contributed by atoms with Crippen LogP contribution in [0, 0.1) is 18.7 Å². The van der Waals surface area contributed by atoms with Gasteiger partial charge in [0.15, 0.2) is 0 Å². The number of rotatable bonds is 2. The van der Waals surface area contributed by atoms with Crippen LogP contribution in [-0.2, 0) is 0 Å². The summed E-state index contributed by atoms with van der Waals surface area (Å²) in [6, 6.07) is 6.48. The fourth-order valence-electron chi connectivity index (χ4n) is 2.94. The highest BCUT2D eigenvalue weighted by Gasteiger charge is 2.31. The second kappa shape index (κ2) is 5.27. The molecule has 1 heterocycles. The van der Waals surface area contributed by atoms with E-state index in [-0.39, 0.29) is 5.82 Å². The van der Waals surface area contributed by atoms with Crippen LogP contribution >= 0.6 is 0 Å². The van der Waals surface area contributed by atoms with Gasteiger partial charge >= 0.3 is 0 Å². The largest absolute Gasteiger partial charge is 0.368 e. The van der Waals surface area contributed by atoms with Crippen LogP contribution in [0.25, 0.3) is 0 Å². The minimum atomic E-state index is -0.121. The first-order valence-corrected chi connectivity index (χ1v) is 6.74. The van der Waals surface area contributed by atoms with Crippen molar-refractivity contribution < 1.29 is 4.39 Å². The number of nitrogens with one attached hydrogen (secondary N) is 1. The van der Waals surface area contributed by atoms with E-state index >= 15 is 0 Å². The number of piperidine rings is 1. The molecule has 0 spiro atoms. The predicted molar refractivity (Wildman–Crippen MR) is 74.6 cm³/mol. The fourth-order valence-corrected chi connectivity index (χ4v) is 2.94. The average molecular weight is 250 g/mol. The Labute approximate surface area is 109 Å². The summed E-state index contributed by atoms with van der Waals surface area (Å²) >= 11 is 0. The highest BCUT2D eigenvalue weighted by atomic mass is 19.1. The minimum Gasteiger partial charge on any atom is -0.368 e. The van der Waals surface area contributed by atoms with E-state index in [0.717, 1.165) is 24.2 Å². The SMILES string of the molecule is CNC1CCN(c2ccc(F)c(C)c2)C(C)C1C. The lowest BCUT2D eigenvalue weighted by molar-refractivity contribution is 0.282. The topological polar surface area (TPSA) is 15.3 Å². The average Bonchev–Trinajstić information content (AvgIpc) is 2.36. The maximum atomic E-state index is 13.3. The highest BCUT2D eigenvalue weighted by Crippen LogP contribution is 2.29. The van der Waals surface area contributed by atoms with Gasteiger partial charge in [-0.1, -0.05) is 6.92 Å². The Morgan fingerprint density at radius 2 is 2.06 bits per heavy atom. The van der Waals surface area contributed by atoms with Crippen LogP contribution in [0.2, 0.25) is 0 Å². The van der Waals surface area contributed by atoms with Crippen molar-refractivity contribution in [2.75, 3.05) is 18.5 Å². The summed E-state index contributed by atoms with van der Waals surface area (Å²) in [4.78, 5) is 2.39.